The summed E-state index contributed by atoms with van der Waals surface area (Å²) in [6.45, 7) is 0. The Morgan fingerprint density at radius 1 is 1.67 bits per heavy atom. The van der Waals surface area contributed by atoms with Gasteiger partial charge in [-0.2, -0.15) is 5.26 Å². The molecular weight excluding hydrogens is 317 g/mol. The van der Waals surface area contributed by atoms with E-state index in [4.69, 9.17) is 10.00 Å². The molecule has 0 N–H and O–H groups in total. The Morgan fingerprint density at radius 2 is 2.33 bits per heavy atom. The van der Waals surface area contributed by atoms with Crippen molar-refractivity contribution in [1.82, 2.24) is 4.98 Å². The zero-order valence-corrected chi connectivity index (χ0v) is 9.96. The number of hydrogen-bond donors (Lipinski definition) is 0. The number of pyridine rings is 1. The highest BCUT2D eigenvalue weighted by Crippen LogP contribution is 2.31. The zero-order chi connectivity index (χ0) is 11.4. The third-order valence-electron chi connectivity index (χ3n) is 1.68. The van der Waals surface area contributed by atoms with Crippen LogP contribution < -0.4 is 4.74 Å². The molecule has 0 spiro atoms. The number of nitrogens with zero attached hydrogens (tertiary/aromatic N) is 2. The number of rotatable bonds is 3. The second kappa shape index (κ2) is 5.21. The van der Waals surface area contributed by atoms with Gasteiger partial charge in [-0.25, -0.2) is 13.8 Å². The van der Waals surface area contributed by atoms with Gasteiger partial charge in [0.15, 0.2) is 5.75 Å². The van der Waals surface area contributed by atoms with Crippen LogP contribution >= 0.6 is 22.6 Å². The molecule has 0 aromatic carbocycles. The molecule has 1 heterocycles. The van der Waals surface area contributed by atoms with Gasteiger partial charge in [0, 0.05) is 0 Å². The fourth-order valence-electron chi connectivity index (χ4n) is 1.09. The highest BCUT2D eigenvalue weighted by atomic mass is 127. The molecule has 0 unspecified atom stereocenters. The van der Waals surface area contributed by atoms with Crippen molar-refractivity contribution >= 4 is 22.6 Å². The Morgan fingerprint density at radius 3 is 2.80 bits per heavy atom. The molecule has 3 nitrogen and oxygen atoms in total. The largest absolute Gasteiger partial charge is 0.493 e. The molecule has 0 saturated heterocycles. The van der Waals surface area contributed by atoms with Crippen molar-refractivity contribution in [3.63, 3.8) is 0 Å². The minimum Gasteiger partial charge on any atom is -0.493 e. The Bertz CT molecular complexity index is 404. The first-order valence-electron chi connectivity index (χ1n) is 3.98. The molecule has 0 amide bonds. The Kier molecular flexibility index (Phi) is 4.20. The first-order chi connectivity index (χ1) is 7.10. The smallest absolute Gasteiger partial charge is 0.284 e. The standard InChI is InChI=1S/C9H7F2IN2O/c1-15-8-6(12)4-5(2-3-13)14-7(8)9(10)11/h4,9H,2H2,1H3. The predicted molar refractivity (Wildman–Crippen MR) is 57.8 cm³/mol. The lowest BCUT2D eigenvalue weighted by atomic mass is 10.2. The van der Waals surface area contributed by atoms with Crippen LogP contribution in [0, 0.1) is 14.9 Å². The fraction of sp³-hybridized carbons (Fsp3) is 0.333. The number of nitriles is 1. The number of alkyl halides is 2. The van der Waals surface area contributed by atoms with Crippen LogP contribution in [-0.4, -0.2) is 12.1 Å². The molecule has 80 valence electrons. The molecule has 0 bridgehead atoms. The Labute approximate surface area is 99.2 Å². The second-order valence-corrected chi connectivity index (χ2v) is 3.81. The van der Waals surface area contributed by atoms with Crippen molar-refractivity contribution in [3.05, 3.63) is 21.0 Å². The van der Waals surface area contributed by atoms with E-state index in [0.717, 1.165) is 0 Å². The van der Waals surface area contributed by atoms with Gasteiger partial charge in [-0.15, -0.1) is 0 Å². The SMILES string of the molecule is COc1c(I)cc(CC#N)nc1C(F)F. The van der Waals surface area contributed by atoms with Crippen LogP contribution in [0.5, 0.6) is 5.75 Å². The summed E-state index contributed by atoms with van der Waals surface area (Å²) in [6.07, 6.45) is -2.69. The van der Waals surface area contributed by atoms with Crippen molar-refractivity contribution in [3.8, 4) is 11.8 Å². The van der Waals surface area contributed by atoms with Crippen molar-refractivity contribution in [2.45, 2.75) is 12.8 Å². The number of methoxy groups -OCH3 is 1. The molecular formula is C9H7F2IN2O. The molecule has 0 fully saturated rings. The molecule has 1 rings (SSSR count). The average molecular weight is 324 g/mol. The highest BCUT2D eigenvalue weighted by molar-refractivity contribution is 14.1. The van der Waals surface area contributed by atoms with Gasteiger partial charge in [0.05, 0.1) is 28.9 Å². The van der Waals surface area contributed by atoms with Gasteiger partial charge in [-0.05, 0) is 28.7 Å². The van der Waals surface area contributed by atoms with E-state index in [0.29, 0.717) is 9.26 Å². The molecule has 1 aromatic heterocycles. The predicted octanol–water partition coefficient (Wildman–Crippen LogP) is 2.70. The van der Waals surface area contributed by atoms with Crippen LogP contribution in [0.4, 0.5) is 8.78 Å². The van der Waals surface area contributed by atoms with Crippen LogP contribution in [0.15, 0.2) is 6.07 Å². The van der Waals surface area contributed by atoms with E-state index >= 15 is 0 Å². The molecule has 0 radical (unpaired) electrons. The third kappa shape index (κ3) is 2.75. The molecule has 6 heteroatoms. The van der Waals surface area contributed by atoms with Crippen LogP contribution in [0.25, 0.3) is 0 Å². The average Bonchev–Trinajstić information content (AvgIpc) is 2.17. The molecule has 15 heavy (non-hydrogen) atoms. The molecule has 0 aliphatic carbocycles. The monoisotopic (exact) mass is 324 g/mol. The summed E-state index contributed by atoms with van der Waals surface area (Å²) in [6, 6.07) is 3.43. The molecule has 1 aromatic rings. The number of aromatic nitrogens is 1. The summed E-state index contributed by atoms with van der Waals surface area (Å²) < 4.78 is 30.5. The lowest BCUT2D eigenvalue weighted by Gasteiger charge is -2.10. The quantitative estimate of drug-likeness (QED) is 0.803. The summed E-state index contributed by atoms with van der Waals surface area (Å²) in [4.78, 5) is 3.69. The number of ether oxygens (including phenoxy) is 1. The van der Waals surface area contributed by atoms with Gasteiger partial charge in [-0.1, -0.05) is 0 Å². The van der Waals surface area contributed by atoms with Crippen LogP contribution in [0.3, 0.4) is 0 Å². The van der Waals surface area contributed by atoms with Crippen LogP contribution in [-0.2, 0) is 6.42 Å². The lowest BCUT2D eigenvalue weighted by molar-refractivity contribution is 0.141. The van der Waals surface area contributed by atoms with E-state index in [9.17, 15) is 8.78 Å². The van der Waals surface area contributed by atoms with Crippen LogP contribution in [0.1, 0.15) is 17.8 Å². The molecule has 0 aliphatic heterocycles. The van der Waals surface area contributed by atoms with Gasteiger partial charge >= 0.3 is 0 Å². The maximum atomic E-state index is 12.6. The molecule has 0 saturated carbocycles. The summed E-state index contributed by atoms with van der Waals surface area (Å²) in [5.41, 5.74) is -0.0762. The zero-order valence-electron chi connectivity index (χ0n) is 7.80. The lowest BCUT2D eigenvalue weighted by Crippen LogP contribution is -2.02. The van der Waals surface area contributed by atoms with Crippen LogP contribution in [0.2, 0.25) is 0 Å². The van der Waals surface area contributed by atoms with E-state index in [2.05, 4.69) is 4.98 Å². The van der Waals surface area contributed by atoms with Crippen molar-refractivity contribution in [1.29, 1.82) is 5.26 Å². The van der Waals surface area contributed by atoms with Crippen molar-refractivity contribution in [2.24, 2.45) is 0 Å². The Hall–Kier alpha value is -0.970. The van der Waals surface area contributed by atoms with E-state index in [1.807, 2.05) is 28.7 Å². The minimum absolute atomic E-state index is 0.0136. The topological polar surface area (TPSA) is 45.9 Å². The van der Waals surface area contributed by atoms with Crippen molar-refractivity contribution < 1.29 is 13.5 Å². The minimum atomic E-state index is -2.70. The van der Waals surface area contributed by atoms with Gasteiger partial charge in [0.1, 0.15) is 5.69 Å². The van der Waals surface area contributed by atoms with E-state index < -0.39 is 12.1 Å². The van der Waals surface area contributed by atoms with Gasteiger partial charge in [-0.3, -0.25) is 0 Å². The maximum absolute atomic E-state index is 12.6. The van der Waals surface area contributed by atoms with Gasteiger partial charge in [0.25, 0.3) is 6.43 Å². The number of hydrogen-bond acceptors (Lipinski definition) is 3. The first kappa shape index (κ1) is 12.1. The maximum Gasteiger partial charge on any atom is 0.284 e. The Balaban J connectivity index is 3.27. The first-order valence-corrected chi connectivity index (χ1v) is 5.06. The fourth-order valence-corrected chi connectivity index (χ4v) is 1.95. The molecule has 0 aliphatic rings. The van der Waals surface area contributed by atoms with Gasteiger partial charge < -0.3 is 4.74 Å². The normalized spacial score (nSPS) is 10.1. The summed E-state index contributed by atoms with van der Waals surface area (Å²) in [5.74, 6) is 0.0762. The summed E-state index contributed by atoms with van der Waals surface area (Å²) in [5, 5.41) is 8.46. The van der Waals surface area contributed by atoms with Gasteiger partial charge in [0.2, 0.25) is 0 Å². The second-order valence-electron chi connectivity index (χ2n) is 2.65. The van der Waals surface area contributed by atoms with E-state index in [-0.39, 0.29) is 12.2 Å². The van der Waals surface area contributed by atoms with Crippen molar-refractivity contribution in [2.75, 3.05) is 7.11 Å². The third-order valence-corrected chi connectivity index (χ3v) is 2.48. The number of halogens is 3. The van der Waals surface area contributed by atoms with E-state index in [1.165, 1.54) is 7.11 Å². The summed E-state index contributed by atoms with van der Waals surface area (Å²) in [7, 11) is 1.31. The molecule has 0 atom stereocenters. The summed E-state index contributed by atoms with van der Waals surface area (Å²) >= 11 is 1.88. The van der Waals surface area contributed by atoms with E-state index in [1.54, 1.807) is 6.07 Å². The highest BCUT2D eigenvalue weighted by Gasteiger charge is 2.19.